The molecule has 0 amide bonds. The summed E-state index contributed by atoms with van der Waals surface area (Å²) >= 11 is 0. The fourth-order valence-corrected chi connectivity index (χ4v) is 2.97. The van der Waals surface area contributed by atoms with Crippen LogP contribution in [0.15, 0.2) is 12.2 Å². The van der Waals surface area contributed by atoms with Gasteiger partial charge in [0.05, 0.1) is 30.5 Å². The first-order valence-electron chi connectivity index (χ1n) is 9.03. The van der Waals surface area contributed by atoms with E-state index in [1.54, 1.807) is 12.2 Å². The Kier molecular flexibility index (Phi) is 10.2. The predicted octanol–water partition coefficient (Wildman–Crippen LogP) is 2.01. The minimum absolute atomic E-state index is 0.218. The van der Waals surface area contributed by atoms with Crippen molar-refractivity contribution in [2.24, 2.45) is 0 Å². The van der Waals surface area contributed by atoms with Gasteiger partial charge in [-0.1, -0.05) is 44.8 Å². The molecule has 0 unspecified atom stereocenters. The molecule has 1 aliphatic heterocycles. The van der Waals surface area contributed by atoms with Gasteiger partial charge in [0, 0.05) is 12.8 Å². The van der Waals surface area contributed by atoms with Crippen LogP contribution in [0.4, 0.5) is 0 Å². The number of hydrogen-bond acceptors (Lipinski definition) is 5. The Balaban J connectivity index is 2.12. The molecule has 0 aromatic heterocycles. The zero-order valence-corrected chi connectivity index (χ0v) is 14.5. The van der Waals surface area contributed by atoms with Gasteiger partial charge in [0.2, 0.25) is 0 Å². The molecule has 0 aromatic carbocycles. The summed E-state index contributed by atoms with van der Waals surface area (Å²) in [5.41, 5.74) is 0. The fourth-order valence-electron chi connectivity index (χ4n) is 2.97. The lowest BCUT2D eigenvalue weighted by Crippen LogP contribution is -2.24. The molecule has 5 atom stereocenters. The Labute approximate surface area is 144 Å². The zero-order valence-electron chi connectivity index (χ0n) is 14.5. The Morgan fingerprint density at radius 3 is 2.46 bits per heavy atom. The van der Waals surface area contributed by atoms with E-state index >= 15 is 0 Å². The van der Waals surface area contributed by atoms with Gasteiger partial charge in [-0.15, -0.1) is 0 Å². The minimum atomic E-state index is -0.818. The molecule has 0 aromatic rings. The maximum Gasteiger partial charge on any atom is 0.303 e. The van der Waals surface area contributed by atoms with E-state index in [4.69, 9.17) is 9.84 Å². The maximum absolute atomic E-state index is 10.4. The number of carboxylic acid groups (broad SMARTS) is 1. The first-order valence-corrected chi connectivity index (χ1v) is 9.03. The van der Waals surface area contributed by atoms with Crippen molar-refractivity contribution < 1.29 is 30.0 Å². The van der Waals surface area contributed by atoms with Crippen molar-refractivity contribution in [2.75, 3.05) is 0 Å². The van der Waals surface area contributed by atoms with E-state index in [1.165, 1.54) is 0 Å². The van der Waals surface area contributed by atoms with Crippen molar-refractivity contribution in [3.8, 4) is 0 Å². The van der Waals surface area contributed by atoms with Crippen LogP contribution in [0.25, 0.3) is 0 Å². The van der Waals surface area contributed by atoms with Crippen LogP contribution in [-0.4, -0.2) is 56.9 Å². The highest BCUT2D eigenvalue weighted by Gasteiger charge is 2.35. The third-order valence-electron chi connectivity index (χ3n) is 4.46. The second kappa shape index (κ2) is 11.6. The van der Waals surface area contributed by atoms with Crippen LogP contribution in [0.2, 0.25) is 0 Å². The zero-order chi connectivity index (χ0) is 17.9. The maximum atomic E-state index is 10.4. The number of unbranched alkanes of at least 4 members (excludes halogenated alkanes) is 4. The molecule has 4 N–H and O–H groups in total. The quantitative estimate of drug-likeness (QED) is 0.319. The number of carbonyl (C=O) groups is 1. The van der Waals surface area contributed by atoms with E-state index in [0.717, 1.165) is 25.7 Å². The lowest BCUT2D eigenvalue weighted by molar-refractivity contribution is -0.137. The molecule has 1 saturated heterocycles. The summed E-state index contributed by atoms with van der Waals surface area (Å²) < 4.78 is 5.60. The highest BCUT2D eigenvalue weighted by Crippen LogP contribution is 2.25. The fraction of sp³-hybridized carbons (Fsp3) is 0.833. The number of aliphatic carboxylic acids is 1. The predicted molar refractivity (Wildman–Crippen MR) is 90.7 cm³/mol. The number of rotatable bonds is 12. The Bertz CT molecular complexity index is 384. The summed E-state index contributed by atoms with van der Waals surface area (Å²) in [6.45, 7) is 1.93. The van der Waals surface area contributed by atoms with Gasteiger partial charge in [-0.2, -0.15) is 0 Å². The second-order valence-corrected chi connectivity index (χ2v) is 6.57. The average Bonchev–Trinajstić information content (AvgIpc) is 2.92. The highest BCUT2D eigenvalue weighted by molar-refractivity contribution is 5.66. The molecule has 0 radical (unpaired) electrons. The summed E-state index contributed by atoms with van der Waals surface area (Å²) in [5, 5.41) is 38.3. The van der Waals surface area contributed by atoms with Crippen molar-refractivity contribution in [1.29, 1.82) is 0 Å². The topological polar surface area (TPSA) is 107 Å². The van der Waals surface area contributed by atoms with E-state index in [0.29, 0.717) is 25.7 Å². The summed E-state index contributed by atoms with van der Waals surface area (Å²) in [7, 11) is 0. The lowest BCUT2D eigenvalue weighted by atomic mass is 10.0. The Hall–Kier alpha value is -0.950. The molecular weight excluding hydrogens is 312 g/mol. The summed E-state index contributed by atoms with van der Waals surface area (Å²) in [6, 6.07) is 0. The van der Waals surface area contributed by atoms with E-state index in [2.05, 4.69) is 0 Å². The molecule has 1 rings (SSSR count). The summed E-state index contributed by atoms with van der Waals surface area (Å²) in [5.74, 6) is -0.752. The largest absolute Gasteiger partial charge is 0.481 e. The van der Waals surface area contributed by atoms with Crippen molar-refractivity contribution in [1.82, 2.24) is 0 Å². The second-order valence-electron chi connectivity index (χ2n) is 6.57. The Morgan fingerprint density at radius 1 is 1.17 bits per heavy atom. The molecule has 140 valence electrons. The van der Waals surface area contributed by atoms with Gasteiger partial charge in [-0.3, -0.25) is 4.79 Å². The third kappa shape index (κ3) is 8.24. The first kappa shape index (κ1) is 21.1. The third-order valence-corrected chi connectivity index (χ3v) is 4.46. The molecule has 0 bridgehead atoms. The van der Waals surface area contributed by atoms with Crippen molar-refractivity contribution in [3.05, 3.63) is 12.2 Å². The Morgan fingerprint density at radius 2 is 1.83 bits per heavy atom. The van der Waals surface area contributed by atoms with E-state index in [-0.39, 0.29) is 12.5 Å². The summed E-state index contributed by atoms with van der Waals surface area (Å²) in [6.07, 6.45) is 6.92. The smallest absolute Gasteiger partial charge is 0.303 e. The van der Waals surface area contributed by atoms with Crippen LogP contribution in [0.5, 0.6) is 0 Å². The first-order chi connectivity index (χ1) is 11.4. The molecule has 0 aliphatic carbocycles. The average molecular weight is 344 g/mol. The van der Waals surface area contributed by atoms with Crippen LogP contribution >= 0.6 is 0 Å². The van der Waals surface area contributed by atoms with Gasteiger partial charge in [0.25, 0.3) is 0 Å². The van der Waals surface area contributed by atoms with Crippen LogP contribution in [0.1, 0.15) is 64.7 Å². The van der Waals surface area contributed by atoms with Gasteiger partial charge < -0.3 is 25.2 Å². The molecule has 1 heterocycles. The molecular formula is C18H32O6. The van der Waals surface area contributed by atoms with E-state index in [9.17, 15) is 20.1 Å². The van der Waals surface area contributed by atoms with Crippen molar-refractivity contribution in [2.45, 2.75) is 95.2 Å². The van der Waals surface area contributed by atoms with Crippen molar-refractivity contribution in [3.63, 3.8) is 0 Å². The van der Waals surface area contributed by atoms with Gasteiger partial charge >= 0.3 is 5.97 Å². The molecule has 6 nitrogen and oxygen atoms in total. The number of aliphatic hydroxyl groups is 3. The monoisotopic (exact) mass is 344 g/mol. The number of aliphatic hydroxyl groups excluding tert-OH is 3. The van der Waals surface area contributed by atoms with Crippen LogP contribution in [0, 0.1) is 0 Å². The molecule has 6 heteroatoms. The van der Waals surface area contributed by atoms with Crippen LogP contribution in [0.3, 0.4) is 0 Å². The molecule has 0 spiro atoms. The molecule has 1 fully saturated rings. The van der Waals surface area contributed by atoms with Crippen LogP contribution < -0.4 is 0 Å². The highest BCUT2D eigenvalue weighted by atomic mass is 16.5. The standard InChI is InChI=1S/C18H32O6/c1-2-16-15(21)12-17(24-16)14(20)11-10-13(19)8-6-4-3-5-7-9-18(22)23/h10-11,13-17,19-21H,2-9,12H2,1H3,(H,22,23)/b11-10+/t13-,14-,15+,16-,17+/m0/s1. The normalized spacial score (nSPS) is 26.8. The number of ether oxygens (including phenoxy) is 1. The lowest BCUT2D eigenvalue weighted by Gasteiger charge is -2.16. The van der Waals surface area contributed by atoms with Gasteiger partial charge in [-0.05, 0) is 19.3 Å². The SMILES string of the molecule is CC[C@@H]1O[C@@H]([C@@H](O)/C=C/[C@@H](O)CCCCCCCC(=O)O)C[C@H]1O. The molecule has 1 aliphatic rings. The molecule has 0 saturated carbocycles. The van der Waals surface area contributed by atoms with Gasteiger partial charge in [-0.25, -0.2) is 0 Å². The van der Waals surface area contributed by atoms with Crippen LogP contribution in [-0.2, 0) is 9.53 Å². The van der Waals surface area contributed by atoms with Crippen molar-refractivity contribution >= 4 is 5.97 Å². The van der Waals surface area contributed by atoms with E-state index < -0.39 is 30.4 Å². The molecule has 24 heavy (non-hydrogen) atoms. The number of carboxylic acids is 1. The summed E-state index contributed by atoms with van der Waals surface area (Å²) in [4.78, 5) is 10.4. The number of hydrogen-bond donors (Lipinski definition) is 4. The van der Waals surface area contributed by atoms with Gasteiger partial charge in [0.15, 0.2) is 0 Å². The van der Waals surface area contributed by atoms with E-state index in [1.807, 2.05) is 6.92 Å². The minimum Gasteiger partial charge on any atom is -0.481 e. The van der Waals surface area contributed by atoms with Gasteiger partial charge in [0.1, 0.15) is 0 Å².